The van der Waals surface area contributed by atoms with E-state index >= 15 is 0 Å². The molecule has 7 heteroatoms. The lowest BCUT2D eigenvalue weighted by molar-refractivity contribution is -0.143. The van der Waals surface area contributed by atoms with E-state index in [2.05, 4.69) is 5.32 Å². The Balaban J connectivity index is 2.56. The largest absolute Gasteiger partial charge is 0.465 e. The lowest BCUT2D eigenvalue weighted by Gasteiger charge is -2.18. The van der Waals surface area contributed by atoms with Crippen LogP contribution in [0.25, 0.3) is 0 Å². The van der Waals surface area contributed by atoms with Gasteiger partial charge in [-0.1, -0.05) is 0 Å². The molecule has 1 aliphatic rings. The summed E-state index contributed by atoms with van der Waals surface area (Å²) < 4.78 is 4.97. The molecular formula is C12H11N3O3S. The Bertz CT molecular complexity index is 612. The molecule has 1 aromatic rings. The number of hydrogen-bond acceptors (Lipinski definition) is 6. The summed E-state index contributed by atoms with van der Waals surface area (Å²) >= 11 is 1.10. The van der Waals surface area contributed by atoms with Crippen LogP contribution in [0.4, 0.5) is 5.00 Å². The number of carbonyl (C=O) groups excluding carboxylic acids is 2. The zero-order chi connectivity index (χ0) is 14.0. The molecule has 1 unspecified atom stereocenters. The van der Waals surface area contributed by atoms with E-state index in [1.165, 1.54) is 0 Å². The Hall–Kier alpha value is -2.33. The molecule has 2 rings (SSSR count). The molecule has 0 radical (unpaired) electrons. The van der Waals surface area contributed by atoms with E-state index in [0.717, 1.165) is 11.3 Å². The zero-order valence-corrected chi connectivity index (χ0v) is 10.9. The first-order chi connectivity index (χ1) is 9.10. The van der Waals surface area contributed by atoms with Crippen molar-refractivity contribution in [1.82, 2.24) is 0 Å². The Morgan fingerprint density at radius 1 is 1.63 bits per heavy atom. The van der Waals surface area contributed by atoms with Gasteiger partial charge in [0.25, 0.3) is 5.91 Å². The summed E-state index contributed by atoms with van der Waals surface area (Å²) in [6.45, 7) is 1.94. The molecule has 19 heavy (non-hydrogen) atoms. The molecule has 2 heterocycles. The predicted molar refractivity (Wildman–Crippen MR) is 69.7 cm³/mol. The van der Waals surface area contributed by atoms with Crippen molar-refractivity contribution in [3.63, 3.8) is 0 Å². The highest BCUT2D eigenvalue weighted by molar-refractivity contribution is 7.17. The van der Waals surface area contributed by atoms with Gasteiger partial charge in [0.1, 0.15) is 16.9 Å². The summed E-state index contributed by atoms with van der Waals surface area (Å²) in [5.74, 6) is -1.90. The Labute approximate surface area is 113 Å². The minimum Gasteiger partial charge on any atom is -0.465 e. The van der Waals surface area contributed by atoms with Crippen LogP contribution in [0.5, 0.6) is 0 Å². The maximum absolute atomic E-state index is 11.9. The smallest absolute Gasteiger partial charge is 0.317 e. The quantitative estimate of drug-likeness (QED) is 0.810. The second-order valence-electron chi connectivity index (χ2n) is 3.76. The van der Waals surface area contributed by atoms with Gasteiger partial charge in [-0.25, -0.2) is 0 Å². The van der Waals surface area contributed by atoms with Crippen molar-refractivity contribution in [2.45, 2.75) is 12.8 Å². The average molecular weight is 277 g/mol. The number of amides is 1. The van der Waals surface area contributed by atoms with Crippen molar-refractivity contribution in [3.8, 4) is 6.07 Å². The minimum atomic E-state index is -0.722. The molecule has 1 amide bonds. The molecule has 6 nitrogen and oxygen atoms in total. The summed E-state index contributed by atoms with van der Waals surface area (Å²) in [6, 6.07) is 1.92. The molecule has 1 atom stereocenters. The van der Waals surface area contributed by atoms with Crippen LogP contribution in [-0.4, -0.2) is 18.5 Å². The number of thiophene rings is 1. The number of anilines is 1. The number of ether oxygens (including phenoxy) is 1. The van der Waals surface area contributed by atoms with E-state index in [0.29, 0.717) is 10.6 Å². The molecule has 0 saturated heterocycles. The van der Waals surface area contributed by atoms with E-state index in [9.17, 15) is 9.59 Å². The normalized spacial score (nSPS) is 16.1. The minimum absolute atomic E-state index is 0.0948. The van der Waals surface area contributed by atoms with Gasteiger partial charge in [0.15, 0.2) is 0 Å². The summed E-state index contributed by atoms with van der Waals surface area (Å²) in [6.07, 6.45) is 3.17. The van der Waals surface area contributed by atoms with E-state index in [-0.39, 0.29) is 17.0 Å². The van der Waals surface area contributed by atoms with Crippen molar-refractivity contribution in [3.05, 3.63) is 28.3 Å². The van der Waals surface area contributed by atoms with Crippen molar-refractivity contribution >= 4 is 28.2 Å². The topological polar surface area (TPSA) is 105 Å². The van der Waals surface area contributed by atoms with Crippen LogP contribution in [0.2, 0.25) is 0 Å². The van der Waals surface area contributed by atoms with Crippen molar-refractivity contribution in [2.75, 3.05) is 11.9 Å². The number of rotatable bonds is 3. The zero-order valence-electron chi connectivity index (χ0n) is 10.1. The molecule has 1 aliphatic heterocycles. The number of hydrogen-bond donors (Lipinski definition) is 2. The van der Waals surface area contributed by atoms with Crippen LogP contribution in [0.1, 0.15) is 33.6 Å². The molecule has 0 saturated carbocycles. The maximum atomic E-state index is 11.9. The maximum Gasteiger partial charge on any atom is 0.317 e. The van der Waals surface area contributed by atoms with Gasteiger partial charge < -0.3 is 15.8 Å². The number of nitriles is 1. The van der Waals surface area contributed by atoms with Gasteiger partial charge >= 0.3 is 5.97 Å². The summed E-state index contributed by atoms with van der Waals surface area (Å²) in [7, 11) is 0. The van der Waals surface area contributed by atoms with Crippen molar-refractivity contribution in [2.24, 2.45) is 5.73 Å². The molecule has 0 spiro atoms. The fraction of sp³-hybridized carbons (Fsp3) is 0.250. The number of carbonyl (C=O) groups is 2. The van der Waals surface area contributed by atoms with Gasteiger partial charge in [-0.05, 0) is 19.2 Å². The SMILES string of the molecule is CCOC(=O)C1C=CNc2sc(C#N)c(C(N)=O)c21. The number of nitrogens with one attached hydrogen (secondary N) is 1. The molecule has 0 aliphatic carbocycles. The second-order valence-corrected chi connectivity index (χ2v) is 4.78. The fourth-order valence-corrected chi connectivity index (χ4v) is 2.94. The van der Waals surface area contributed by atoms with Gasteiger partial charge in [-0.3, -0.25) is 9.59 Å². The first kappa shape index (κ1) is 13.1. The lowest BCUT2D eigenvalue weighted by atomic mass is 9.94. The standard InChI is InChI=1S/C12H11N3O3S/c1-2-18-12(17)6-3-4-15-11-8(6)9(10(14)16)7(5-13)19-11/h3-4,6,15H,2H2,1H3,(H2,14,16). The van der Waals surface area contributed by atoms with Gasteiger partial charge in [0, 0.05) is 5.56 Å². The highest BCUT2D eigenvalue weighted by Crippen LogP contribution is 2.41. The van der Waals surface area contributed by atoms with E-state index in [1.54, 1.807) is 19.2 Å². The Kier molecular flexibility index (Phi) is 3.53. The number of nitrogens with zero attached hydrogens (tertiary/aromatic N) is 1. The number of nitrogens with two attached hydrogens (primary N) is 1. The average Bonchev–Trinajstić information content (AvgIpc) is 2.77. The monoisotopic (exact) mass is 277 g/mol. The summed E-state index contributed by atoms with van der Waals surface area (Å²) in [5, 5.41) is 12.5. The van der Waals surface area contributed by atoms with Crippen LogP contribution >= 0.6 is 11.3 Å². The third-order valence-electron chi connectivity index (χ3n) is 2.65. The van der Waals surface area contributed by atoms with Gasteiger partial charge in [0.05, 0.1) is 17.2 Å². The molecule has 98 valence electrons. The highest BCUT2D eigenvalue weighted by atomic mass is 32.1. The molecule has 0 bridgehead atoms. The Morgan fingerprint density at radius 2 is 2.37 bits per heavy atom. The van der Waals surface area contributed by atoms with E-state index in [1.807, 2.05) is 6.07 Å². The van der Waals surface area contributed by atoms with Crippen LogP contribution in [0, 0.1) is 11.3 Å². The van der Waals surface area contributed by atoms with Gasteiger partial charge in [-0.15, -0.1) is 11.3 Å². The first-order valence-corrected chi connectivity index (χ1v) is 6.38. The van der Waals surface area contributed by atoms with Crippen LogP contribution in [0.15, 0.2) is 12.3 Å². The van der Waals surface area contributed by atoms with Crippen LogP contribution in [-0.2, 0) is 9.53 Å². The highest BCUT2D eigenvalue weighted by Gasteiger charge is 2.33. The number of fused-ring (bicyclic) bond motifs is 1. The Morgan fingerprint density at radius 3 is 2.95 bits per heavy atom. The van der Waals surface area contributed by atoms with Crippen LogP contribution in [0.3, 0.4) is 0 Å². The van der Waals surface area contributed by atoms with Crippen molar-refractivity contribution < 1.29 is 14.3 Å². The van der Waals surface area contributed by atoms with Crippen molar-refractivity contribution in [1.29, 1.82) is 5.26 Å². The lowest BCUT2D eigenvalue weighted by Crippen LogP contribution is -2.22. The first-order valence-electron chi connectivity index (χ1n) is 5.56. The summed E-state index contributed by atoms with van der Waals surface area (Å²) in [4.78, 5) is 23.6. The molecule has 1 aromatic heterocycles. The molecule has 0 fully saturated rings. The van der Waals surface area contributed by atoms with E-state index in [4.69, 9.17) is 15.7 Å². The third-order valence-corrected chi connectivity index (χ3v) is 3.69. The number of esters is 1. The van der Waals surface area contributed by atoms with E-state index < -0.39 is 17.8 Å². The molecule has 0 aromatic carbocycles. The molecule has 3 N–H and O–H groups in total. The van der Waals surface area contributed by atoms with Gasteiger partial charge in [0.2, 0.25) is 0 Å². The number of primary amides is 1. The van der Waals surface area contributed by atoms with Crippen LogP contribution < -0.4 is 11.1 Å². The fourth-order valence-electron chi connectivity index (χ4n) is 1.92. The predicted octanol–water partition coefficient (Wildman–Crippen LogP) is 1.30. The van der Waals surface area contributed by atoms with Gasteiger partial charge in [-0.2, -0.15) is 5.26 Å². The third kappa shape index (κ3) is 2.18. The summed E-state index contributed by atoms with van der Waals surface area (Å²) in [5.41, 5.74) is 5.83. The second kappa shape index (κ2) is 5.12. The molecular weight excluding hydrogens is 266 g/mol.